The van der Waals surface area contributed by atoms with Crippen molar-refractivity contribution in [3.63, 3.8) is 0 Å². The van der Waals surface area contributed by atoms with Crippen molar-refractivity contribution in [3.05, 3.63) is 46.7 Å². The van der Waals surface area contributed by atoms with E-state index in [1.807, 2.05) is 0 Å². The molecule has 4 nitrogen and oxygen atoms in total. The number of rotatable bonds is 3. The number of allylic oxidation sites excluding steroid dienone is 1. The number of aromatic amines is 1. The molecule has 6 atom stereocenters. The molecule has 1 aromatic carbocycles. The quantitative estimate of drug-likeness (QED) is 0.479. The molecule has 0 spiro atoms. The van der Waals surface area contributed by atoms with E-state index in [1.165, 1.54) is 53.4 Å². The van der Waals surface area contributed by atoms with E-state index in [0.29, 0.717) is 12.5 Å². The minimum atomic E-state index is -0.0665. The predicted molar refractivity (Wildman–Crippen MR) is 127 cm³/mol. The second-order valence-corrected chi connectivity index (χ2v) is 11.3. The van der Waals surface area contributed by atoms with Crippen LogP contribution in [-0.4, -0.2) is 23.6 Å². The van der Waals surface area contributed by atoms with Crippen LogP contribution in [0.2, 0.25) is 0 Å². The molecule has 2 aromatic rings. The Morgan fingerprint density at radius 2 is 2.12 bits per heavy atom. The summed E-state index contributed by atoms with van der Waals surface area (Å²) in [4.78, 5) is 16.6. The standard InChI is InChI=1S/C28H36N2O2/c1-16-9-10-23-19(12-16)18-7-4-8-24(26(18)30-23)29-15-21-20-13-22-17(2)6-5-11-28(22,3)14-25(20)32-27(21)31/h9-10,12-13,17,20-21,24-25,29-30H,4-8,11,14-15H2,1-3H3/t17-,20+,21+,24-,25+,28+/m0/s1. The molecule has 1 aromatic heterocycles. The topological polar surface area (TPSA) is 54.1 Å². The summed E-state index contributed by atoms with van der Waals surface area (Å²) in [6, 6.07) is 6.98. The molecular formula is C28H36N2O2. The number of fused-ring (bicyclic) bond motifs is 5. The van der Waals surface area contributed by atoms with Crippen LogP contribution in [0.5, 0.6) is 0 Å². The van der Waals surface area contributed by atoms with Crippen LogP contribution in [0, 0.1) is 30.1 Å². The molecule has 4 heteroatoms. The van der Waals surface area contributed by atoms with Crippen LogP contribution in [0.4, 0.5) is 0 Å². The molecule has 32 heavy (non-hydrogen) atoms. The first-order chi connectivity index (χ1) is 15.4. The summed E-state index contributed by atoms with van der Waals surface area (Å²) in [7, 11) is 0. The van der Waals surface area contributed by atoms with Gasteiger partial charge in [-0.15, -0.1) is 0 Å². The number of nitrogens with one attached hydrogen (secondary N) is 2. The highest BCUT2D eigenvalue weighted by Crippen LogP contribution is 2.54. The zero-order valence-electron chi connectivity index (χ0n) is 19.7. The Morgan fingerprint density at radius 1 is 1.25 bits per heavy atom. The van der Waals surface area contributed by atoms with Gasteiger partial charge in [0.2, 0.25) is 0 Å². The summed E-state index contributed by atoms with van der Waals surface area (Å²) < 4.78 is 5.97. The summed E-state index contributed by atoms with van der Waals surface area (Å²) in [5.74, 6) is 0.799. The van der Waals surface area contributed by atoms with Gasteiger partial charge in [-0.25, -0.2) is 0 Å². The van der Waals surface area contributed by atoms with Crippen LogP contribution in [0.3, 0.4) is 0 Å². The molecule has 0 radical (unpaired) electrons. The maximum atomic E-state index is 12.9. The number of H-pyrrole nitrogens is 1. The van der Waals surface area contributed by atoms with Gasteiger partial charge < -0.3 is 15.0 Å². The van der Waals surface area contributed by atoms with Crippen LogP contribution >= 0.6 is 0 Å². The maximum Gasteiger partial charge on any atom is 0.311 e. The molecule has 2 fully saturated rings. The molecule has 2 heterocycles. The zero-order chi connectivity index (χ0) is 22.0. The van der Waals surface area contributed by atoms with Crippen LogP contribution in [0.25, 0.3) is 10.9 Å². The van der Waals surface area contributed by atoms with Gasteiger partial charge in [0.15, 0.2) is 0 Å². The molecule has 1 saturated heterocycles. The van der Waals surface area contributed by atoms with E-state index in [-0.39, 0.29) is 35.4 Å². The average Bonchev–Trinajstić information content (AvgIpc) is 3.27. The molecule has 0 bridgehead atoms. The Kier molecular flexibility index (Phi) is 4.80. The minimum absolute atomic E-state index is 0.00237. The highest BCUT2D eigenvalue weighted by atomic mass is 16.6. The summed E-state index contributed by atoms with van der Waals surface area (Å²) in [5, 5.41) is 5.16. The molecule has 0 unspecified atom stereocenters. The average molecular weight is 433 g/mol. The Bertz CT molecular complexity index is 1100. The Morgan fingerprint density at radius 3 is 3.00 bits per heavy atom. The smallest absolute Gasteiger partial charge is 0.311 e. The number of esters is 1. The van der Waals surface area contributed by atoms with E-state index in [2.05, 4.69) is 55.3 Å². The highest BCUT2D eigenvalue weighted by Gasteiger charge is 2.51. The van der Waals surface area contributed by atoms with Crippen molar-refractivity contribution < 1.29 is 9.53 Å². The molecule has 170 valence electrons. The number of hydrogen-bond acceptors (Lipinski definition) is 3. The minimum Gasteiger partial charge on any atom is -0.461 e. The first-order valence-electron chi connectivity index (χ1n) is 12.7. The molecule has 1 aliphatic heterocycles. The van der Waals surface area contributed by atoms with Crippen molar-refractivity contribution >= 4 is 16.9 Å². The van der Waals surface area contributed by atoms with Crippen molar-refractivity contribution in [3.8, 4) is 0 Å². The fourth-order valence-electron chi connectivity index (χ4n) is 7.33. The van der Waals surface area contributed by atoms with Gasteiger partial charge in [0.25, 0.3) is 0 Å². The fraction of sp³-hybridized carbons (Fsp3) is 0.607. The van der Waals surface area contributed by atoms with Gasteiger partial charge in [-0.2, -0.15) is 0 Å². The molecule has 1 saturated carbocycles. The van der Waals surface area contributed by atoms with Gasteiger partial charge in [0.1, 0.15) is 6.10 Å². The second-order valence-electron chi connectivity index (χ2n) is 11.3. The molecule has 6 rings (SSSR count). The first-order valence-corrected chi connectivity index (χ1v) is 12.7. The maximum absolute atomic E-state index is 12.9. The van der Waals surface area contributed by atoms with Gasteiger partial charge in [-0.05, 0) is 74.5 Å². The Balaban J connectivity index is 1.24. The monoisotopic (exact) mass is 432 g/mol. The van der Waals surface area contributed by atoms with E-state index < -0.39 is 0 Å². The zero-order valence-corrected chi connectivity index (χ0v) is 19.7. The number of hydrogen-bond donors (Lipinski definition) is 2. The van der Waals surface area contributed by atoms with E-state index in [9.17, 15) is 4.79 Å². The van der Waals surface area contributed by atoms with Gasteiger partial charge in [-0.3, -0.25) is 4.79 Å². The number of carbonyl (C=O) groups excluding carboxylic acids is 1. The third-order valence-corrected chi connectivity index (χ3v) is 9.03. The van der Waals surface area contributed by atoms with Crippen LogP contribution in [0.15, 0.2) is 29.8 Å². The van der Waals surface area contributed by atoms with Crippen LogP contribution in [-0.2, 0) is 16.0 Å². The lowest BCUT2D eigenvalue weighted by Gasteiger charge is -2.46. The van der Waals surface area contributed by atoms with Gasteiger partial charge in [0.05, 0.1) is 5.92 Å². The second kappa shape index (κ2) is 7.48. The van der Waals surface area contributed by atoms with E-state index >= 15 is 0 Å². The fourth-order valence-corrected chi connectivity index (χ4v) is 7.33. The largest absolute Gasteiger partial charge is 0.461 e. The Hall–Kier alpha value is -2.07. The first kappa shape index (κ1) is 20.5. The third kappa shape index (κ3) is 3.17. The summed E-state index contributed by atoms with van der Waals surface area (Å²) in [6.45, 7) is 7.63. The van der Waals surface area contributed by atoms with E-state index in [0.717, 1.165) is 19.3 Å². The number of ether oxygens (including phenoxy) is 1. The van der Waals surface area contributed by atoms with Crippen molar-refractivity contribution in [2.75, 3.05) is 6.54 Å². The predicted octanol–water partition coefficient (Wildman–Crippen LogP) is 5.76. The number of benzene rings is 1. The molecule has 4 aliphatic rings. The van der Waals surface area contributed by atoms with Crippen molar-refractivity contribution in [1.82, 2.24) is 10.3 Å². The molecule has 3 aliphatic carbocycles. The van der Waals surface area contributed by atoms with Crippen LogP contribution in [0.1, 0.15) is 75.2 Å². The summed E-state index contributed by atoms with van der Waals surface area (Å²) >= 11 is 0. The molecule has 0 amide bonds. The van der Waals surface area contributed by atoms with Crippen molar-refractivity contribution in [2.45, 2.75) is 77.9 Å². The van der Waals surface area contributed by atoms with Crippen molar-refractivity contribution in [1.29, 1.82) is 0 Å². The molecular weight excluding hydrogens is 396 g/mol. The lowest BCUT2D eigenvalue weighted by Crippen LogP contribution is -2.40. The lowest BCUT2D eigenvalue weighted by molar-refractivity contribution is -0.145. The van der Waals surface area contributed by atoms with Crippen LogP contribution < -0.4 is 5.32 Å². The summed E-state index contributed by atoms with van der Waals surface area (Å²) in [6.07, 6.45) is 10.8. The number of aromatic nitrogens is 1. The SMILES string of the molecule is Cc1ccc2[nH]c3c(c2c1)CCC[C@@H]3NC[C@H]1C(=O)O[C@@H]2C[C@@]3(C)CCC[C@H](C)C3=C[C@@H]21. The van der Waals surface area contributed by atoms with Gasteiger partial charge in [0, 0.05) is 35.1 Å². The molecule has 2 N–H and O–H groups in total. The van der Waals surface area contributed by atoms with E-state index in [1.54, 1.807) is 5.57 Å². The third-order valence-electron chi connectivity index (χ3n) is 9.03. The Labute approximate surface area is 191 Å². The normalized spacial score (nSPS) is 36.3. The number of carbonyl (C=O) groups is 1. The highest BCUT2D eigenvalue weighted by molar-refractivity contribution is 5.85. The van der Waals surface area contributed by atoms with Crippen molar-refractivity contribution in [2.24, 2.45) is 23.2 Å². The number of aryl methyl sites for hydroxylation is 2. The lowest BCUT2D eigenvalue weighted by atomic mass is 9.59. The van der Waals surface area contributed by atoms with E-state index in [4.69, 9.17) is 4.74 Å². The van der Waals surface area contributed by atoms with Gasteiger partial charge >= 0.3 is 5.97 Å². The summed E-state index contributed by atoms with van der Waals surface area (Å²) in [5.41, 5.74) is 7.16. The van der Waals surface area contributed by atoms with Gasteiger partial charge in [-0.1, -0.05) is 43.5 Å².